The van der Waals surface area contributed by atoms with Crippen LogP contribution in [0.4, 0.5) is 0 Å². The molecule has 0 aromatic carbocycles. The van der Waals surface area contributed by atoms with Gasteiger partial charge in [0.2, 0.25) is 0 Å². The summed E-state index contributed by atoms with van der Waals surface area (Å²) in [6, 6.07) is 0. The Balaban J connectivity index is 2.75. The lowest BCUT2D eigenvalue weighted by molar-refractivity contribution is -0.144. The zero-order chi connectivity index (χ0) is 33.0. The van der Waals surface area contributed by atoms with Gasteiger partial charge in [0.1, 0.15) is 6.29 Å². The number of allylic oxidation sites excluding steroid dienone is 8. The van der Waals surface area contributed by atoms with Crippen LogP contribution < -0.4 is 0 Å². The Kier molecular flexibility index (Phi) is 19.8. The van der Waals surface area contributed by atoms with E-state index < -0.39 is 5.60 Å². The van der Waals surface area contributed by atoms with E-state index in [0.29, 0.717) is 19.4 Å². The van der Waals surface area contributed by atoms with E-state index in [9.17, 15) is 14.7 Å². The summed E-state index contributed by atoms with van der Waals surface area (Å²) in [6.07, 6.45) is 25.8. The molecule has 1 aliphatic rings. The number of carbonyl (C=O) groups excluding carboxylic acids is 2. The van der Waals surface area contributed by atoms with Gasteiger partial charge in [-0.15, -0.1) is 0 Å². The Morgan fingerprint density at radius 3 is 2.05 bits per heavy atom. The molecule has 4 nitrogen and oxygen atoms in total. The van der Waals surface area contributed by atoms with Crippen LogP contribution in [0, 0.1) is 11.3 Å². The van der Waals surface area contributed by atoms with Gasteiger partial charge in [0, 0.05) is 11.8 Å². The number of carbonyl (C=O) groups is 2. The molecule has 0 aromatic heterocycles. The second kappa shape index (κ2) is 21.7. The van der Waals surface area contributed by atoms with Crippen LogP contribution in [0.1, 0.15) is 171 Å². The number of unbranched alkanes of at least 4 members (excludes halogenated alkanes) is 6. The van der Waals surface area contributed by atoms with Crippen LogP contribution in [0.5, 0.6) is 0 Å². The molecular formula is C40H68O4. The van der Waals surface area contributed by atoms with Crippen molar-refractivity contribution in [2.24, 2.45) is 11.3 Å². The molecule has 1 aliphatic carbocycles. The summed E-state index contributed by atoms with van der Waals surface area (Å²) in [4.78, 5) is 24.2. The number of esters is 1. The van der Waals surface area contributed by atoms with Gasteiger partial charge in [-0.3, -0.25) is 9.59 Å². The first-order valence-corrected chi connectivity index (χ1v) is 17.8. The molecule has 0 unspecified atom stereocenters. The second-order valence-electron chi connectivity index (χ2n) is 14.3. The van der Waals surface area contributed by atoms with Crippen LogP contribution in [0.3, 0.4) is 0 Å². The van der Waals surface area contributed by atoms with E-state index in [-0.39, 0.29) is 17.3 Å². The molecule has 252 valence electrons. The second-order valence-corrected chi connectivity index (χ2v) is 14.3. The van der Waals surface area contributed by atoms with E-state index in [4.69, 9.17) is 4.74 Å². The number of aldehydes is 1. The average Bonchev–Trinajstić information content (AvgIpc) is 2.96. The maximum Gasteiger partial charge on any atom is 0.305 e. The van der Waals surface area contributed by atoms with Gasteiger partial charge >= 0.3 is 5.97 Å². The first-order chi connectivity index (χ1) is 20.9. The summed E-state index contributed by atoms with van der Waals surface area (Å²) in [5.74, 6) is -0.0197. The van der Waals surface area contributed by atoms with Crippen LogP contribution in [-0.4, -0.2) is 29.6 Å². The number of aliphatic hydroxyl groups is 1. The highest BCUT2D eigenvalue weighted by atomic mass is 16.5. The van der Waals surface area contributed by atoms with Gasteiger partial charge in [0.05, 0.1) is 12.2 Å². The van der Waals surface area contributed by atoms with Crippen LogP contribution in [-0.2, 0) is 14.3 Å². The number of rotatable bonds is 22. The first-order valence-electron chi connectivity index (χ1n) is 17.8. The lowest BCUT2D eigenvalue weighted by Crippen LogP contribution is -2.52. The summed E-state index contributed by atoms with van der Waals surface area (Å²) in [6.45, 7) is 17.5. The van der Waals surface area contributed by atoms with E-state index >= 15 is 0 Å². The Labute approximate surface area is 271 Å². The summed E-state index contributed by atoms with van der Waals surface area (Å²) in [5.41, 5.74) is 5.00. The predicted molar refractivity (Wildman–Crippen MR) is 188 cm³/mol. The summed E-state index contributed by atoms with van der Waals surface area (Å²) < 4.78 is 5.62. The van der Waals surface area contributed by atoms with E-state index in [1.54, 1.807) is 0 Å². The van der Waals surface area contributed by atoms with Crippen molar-refractivity contribution in [1.29, 1.82) is 0 Å². The molecule has 1 saturated carbocycles. The minimum absolute atomic E-state index is 0.0818. The molecule has 0 saturated heterocycles. The van der Waals surface area contributed by atoms with Crippen molar-refractivity contribution in [1.82, 2.24) is 0 Å². The fourth-order valence-electron chi connectivity index (χ4n) is 6.81. The molecule has 1 rings (SSSR count). The van der Waals surface area contributed by atoms with Crippen molar-refractivity contribution in [3.63, 3.8) is 0 Å². The van der Waals surface area contributed by atoms with Crippen molar-refractivity contribution in [2.75, 3.05) is 6.61 Å². The largest absolute Gasteiger partial charge is 0.466 e. The maximum atomic E-state index is 12.3. The Hall–Kier alpha value is -1.94. The molecule has 4 heteroatoms. The van der Waals surface area contributed by atoms with Gasteiger partial charge in [0.15, 0.2) is 0 Å². The Bertz CT molecular complexity index is 975. The molecule has 0 aliphatic heterocycles. The van der Waals surface area contributed by atoms with Crippen molar-refractivity contribution >= 4 is 12.3 Å². The van der Waals surface area contributed by atoms with Crippen molar-refractivity contribution < 1.29 is 19.4 Å². The summed E-state index contributed by atoms with van der Waals surface area (Å²) >= 11 is 0. The minimum Gasteiger partial charge on any atom is -0.466 e. The highest BCUT2D eigenvalue weighted by Gasteiger charge is 2.52. The molecule has 0 amide bonds. The quantitative estimate of drug-likeness (QED) is 0.0434. The molecule has 0 aromatic rings. The first kappa shape index (κ1) is 40.1. The smallest absolute Gasteiger partial charge is 0.305 e. The van der Waals surface area contributed by atoms with Crippen LogP contribution in [0.2, 0.25) is 0 Å². The number of hydrogen-bond acceptors (Lipinski definition) is 4. The van der Waals surface area contributed by atoms with Gasteiger partial charge in [0.25, 0.3) is 0 Å². The maximum absolute atomic E-state index is 12.3. The lowest BCUT2D eigenvalue weighted by Gasteiger charge is -2.53. The number of ether oxygens (including phenoxy) is 1. The van der Waals surface area contributed by atoms with E-state index in [1.165, 1.54) is 54.4 Å². The monoisotopic (exact) mass is 613 g/mol. The molecule has 1 fully saturated rings. The molecular weight excluding hydrogens is 544 g/mol. The predicted octanol–water partition coefficient (Wildman–Crippen LogP) is 11.3. The van der Waals surface area contributed by atoms with Crippen molar-refractivity contribution in [2.45, 2.75) is 177 Å². The van der Waals surface area contributed by atoms with Crippen molar-refractivity contribution in [3.8, 4) is 0 Å². The van der Waals surface area contributed by atoms with E-state index in [1.807, 2.05) is 13.8 Å². The molecule has 1 N–H and O–H groups in total. The lowest BCUT2D eigenvalue weighted by atomic mass is 9.54. The summed E-state index contributed by atoms with van der Waals surface area (Å²) in [5, 5.41) is 11.7. The summed E-state index contributed by atoms with van der Waals surface area (Å²) in [7, 11) is 0. The van der Waals surface area contributed by atoms with Crippen molar-refractivity contribution in [3.05, 3.63) is 46.1 Å². The average molecular weight is 613 g/mol. The minimum atomic E-state index is -0.828. The molecule has 44 heavy (non-hydrogen) atoms. The molecule has 0 radical (unpaired) electrons. The Morgan fingerprint density at radius 1 is 0.841 bits per heavy atom. The van der Waals surface area contributed by atoms with Gasteiger partial charge in [-0.05, 0) is 124 Å². The van der Waals surface area contributed by atoms with Gasteiger partial charge in [-0.25, -0.2) is 0 Å². The van der Waals surface area contributed by atoms with E-state index in [0.717, 1.165) is 82.5 Å². The van der Waals surface area contributed by atoms with Crippen LogP contribution in [0.25, 0.3) is 0 Å². The van der Waals surface area contributed by atoms with E-state index in [2.05, 4.69) is 59.8 Å². The van der Waals surface area contributed by atoms with Gasteiger partial charge < -0.3 is 9.84 Å². The number of hydrogen-bond donors (Lipinski definition) is 1. The topological polar surface area (TPSA) is 63.6 Å². The molecule has 0 heterocycles. The van der Waals surface area contributed by atoms with Crippen LogP contribution in [0.15, 0.2) is 46.1 Å². The standard InChI is InChI=1S/C40H68O4/c1-9-10-11-12-13-14-15-26-38(42)44-30-19-25-37-36(35(6)31-41)27-29-40(8,43)39(37,7)28-18-24-34(5)23-17-22-33(4)21-16-20-32(2)3/h20,22,24,31,37,43H,9-19,21,23,25-30H2,1-8H3/b33-22+,34-24+,36-35-/t37-,39+,40+/m1/s1. The third kappa shape index (κ3) is 14.9. The van der Waals surface area contributed by atoms with Gasteiger partial charge in [-0.1, -0.05) is 92.9 Å². The molecule has 0 spiro atoms. The fourth-order valence-corrected chi connectivity index (χ4v) is 6.81. The molecule has 0 bridgehead atoms. The zero-order valence-corrected chi connectivity index (χ0v) is 30.0. The third-order valence-electron chi connectivity index (χ3n) is 10.1. The highest BCUT2D eigenvalue weighted by Crippen LogP contribution is 2.55. The SMILES string of the molecule is CCCCCCCCCC(=O)OCCC[C@@H]1/C(=C(/C)C=O)CC[C@](C)(O)[C@@]1(C)CC/C=C(\C)CC/C=C(\C)CCC=C(C)C. The van der Waals surface area contributed by atoms with Crippen LogP contribution >= 0.6 is 0 Å². The zero-order valence-electron chi connectivity index (χ0n) is 30.0. The fraction of sp³-hybridized carbons (Fsp3) is 0.750. The normalized spacial score (nSPS) is 23.8. The highest BCUT2D eigenvalue weighted by molar-refractivity contribution is 5.74. The third-order valence-corrected chi connectivity index (χ3v) is 10.1. The van der Waals surface area contributed by atoms with Gasteiger partial charge in [-0.2, -0.15) is 0 Å². The molecule has 3 atom stereocenters. The Morgan fingerprint density at radius 2 is 1.43 bits per heavy atom.